The number of carboxylic acid groups (broad SMARTS) is 1. The molecule has 17 heteroatoms. The van der Waals surface area contributed by atoms with E-state index >= 15 is 0 Å². The Morgan fingerprint density at radius 2 is 1.73 bits per heavy atom. The molecule has 0 bridgehead atoms. The number of aliphatic imine (C=N–C) groups is 2. The molecule has 3 aromatic rings. The number of benzene rings is 3. The van der Waals surface area contributed by atoms with Crippen LogP contribution in [0.4, 0.5) is 11.4 Å². The summed E-state index contributed by atoms with van der Waals surface area (Å²) in [5.41, 5.74) is 9.83. The van der Waals surface area contributed by atoms with Gasteiger partial charge in [0.2, 0.25) is 15.9 Å². The van der Waals surface area contributed by atoms with Gasteiger partial charge < -0.3 is 41.0 Å². The maximum Gasteiger partial charge on any atom is 0.305 e. The number of fused-ring (bicyclic) bond motifs is 1. The van der Waals surface area contributed by atoms with E-state index in [1.54, 1.807) is 36.4 Å². The number of sulfonamides is 1. The quantitative estimate of drug-likeness (QED) is 0.0376. The van der Waals surface area contributed by atoms with E-state index in [0.29, 0.717) is 105 Å². The summed E-state index contributed by atoms with van der Waals surface area (Å²) in [5.74, 6) is -0.261. The minimum absolute atomic E-state index is 0.0461. The molecule has 0 spiro atoms. The summed E-state index contributed by atoms with van der Waals surface area (Å²) in [5, 5.41) is 34.7. The molecule has 1 saturated heterocycles. The molecule has 1 amide bonds. The SMILES string of the molecule is CCCN(CCCN/C(=N/c1cccc(C#N)c1)NCCC(C)(C)OCCC(C)(CC)OCCC(=O)O)C(=O)C1=Cc2ccc(-c3cccc(S(=O)(=O)N4CC(CO)C4)c3)cc2N=C(N)C1. The van der Waals surface area contributed by atoms with Crippen molar-refractivity contribution in [3.8, 4) is 17.2 Å². The third-order valence-corrected chi connectivity index (χ3v) is 13.6. The number of nitrogens with two attached hydrogens (primary N) is 1. The summed E-state index contributed by atoms with van der Waals surface area (Å²) in [6.45, 7) is 13.2. The number of carboxylic acids is 1. The van der Waals surface area contributed by atoms with Gasteiger partial charge in [-0.05, 0) is 106 Å². The highest BCUT2D eigenvalue weighted by Crippen LogP contribution is 2.34. The molecule has 66 heavy (non-hydrogen) atoms. The van der Waals surface area contributed by atoms with E-state index in [-0.39, 0.29) is 42.8 Å². The first kappa shape index (κ1) is 51.3. The number of nitrogens with one attached hydrogen (secondary N) is 2. The van der Waals surface area contributed by atoms with Gasteiger partial charge in [-0.2, -0.15) is 9.57 Å². The van der Waals surface area contributed by atoms with Gasteiger partial charge in [0.05, 0.1) is 58.7 Å². The van der Waals surface area contributed by atoms with E-state index < -0.39 is 27.2 Å². The Morgan fingerprint density at radius 3 is 2.44 bits per heavy atom. The zero-order chi connectivity index (χ0) is 47.9. The monoisotopic (exact) mass is 926 g/mol. The van der Waals surface area contributed by atoms with Crippen LogP contribution < -0.4 is 16.4 Å². The van der Waals surface area contributed by atoms with Crippen LogP contribution in [0.15, 0.2) is 87.2 Å². The molecule has 1 atom stereocenters. The number of amidine groups is 1. The summed E-state index contributed by atoms with van der Waals surface area (Å²) in [7, 11) is -3.70. The van der Waals surface area contributed by atoms with Gasteiger partial charge in [0.1, 0.15) is 5.84 Å². The minimum atomic E-state index is -3.70. The Kier molecular flexibility index (Phi) is 18.4. The van der Waals surface area contributed by atoms with Crippen LogP contribution in [0.5, 0.6) is 0 Å². The van der Waals surface area contributed by atoms with Crippen molar-refractivity contribution in [2.75, 3.05) is 59.1 Å². The second-order valence-corrected chi connectivity index (χ2v) is 19.6. The van der Waals surface area contributed by atoms with E-state index in [2.05, 4.69) is 21.7 Å². The van der Waals surface area contributed by atoms with Gasteiger partial charge in [-0.25, -0.2) is 18.4 Å². The van der Waals surface area contributed by atoms with Crippen molar-refractivity contribution in [2.24, 2.45) is 21.6 Å². The number of aliphatic hydroxyl groups excluding tert-OH is 1. The van der Waals surface area contributed by atoms with E-state index in [9.17, 15) is 28.4 Å². The molecule has 0 saturated carbocycles. The first-order valence-electron chi connectivity index (χ1n) is 22.7. The van der Waals surface area contributed by atoms with Crippen molar-refractivity contribution >= 4 is 51.1 Å². The minimum Gasteiger partial charge on any atom is -0.481 e. The van der Waals surface area contributed by atoms with Gasteiger partial charge in [0, 0.05) is 69.4 Å². The Labute approximate surface area is 389 Å². The first-order valence-corrected chi connectivity index (χ1v) is 24.2. The van der Waals surface area contributed by atoms with Crippen LogP contribution in [0.3, 0.4) is 0 Å². The lowest BCUT2D eigenvalue weighted by molar-refractivity contribution is -0.140. The van der Waals surface area contributed by atoms with Crippen molar-refractivity contribution in [3.63, 3.8) is 0 Å². The van der Waals surface area contributed by atoms with Crippen molar-refractivity contribution in [3.05, 3.63) is 83.4 Å². The normalized spacial score (nSPS) is 15.6. The van der Waals surface area contributed by atoms with Crippen LogP contribution in [0, 0.1) is 17.2 Å². The molecule has 3 aromatic carbocycles. The highest BCUT2D eigenvalue weighted by Gasteiger charge is 2.36. The third kappa shape index (κ3) is 14.7. The summed E-state index contributed by atoms with van der Waals surface area (Å²) in [6.07, 6.45) is 5.30. The molecule has 1 fully saturated rings. The Balaban J connectivity index is 1.21. The van der Waals surface area contributed by atoms with Crippen LogP contribution in [0.2, 0.25) is 0 Å². The number of aliphatic hydroxyl groups is 1. The highest BCUT2D eigenvalue weighted by atomic mass is 32.2. The van der Waals surface area contributed by atoms with Gasteiger partial charge in [0.15, 0.2) is 5.96 Å². The van der Waals surface area contributed by atoms with Crippen LogP contribution in [-0.4, -0.2) is 122 Å². The Bertz CT molecular complexity index is 2410. The molecule has 0 radical (unpaired) electrons. The maximum atomic E-state index is 14.2. The number of nitriles is 1. The van der Waals surface area contributed by atoms with E-state index in [0.717, 1.165) is 24.0 Å². The highest BCUT2D eigenvalue weighted by molar-refractivity contribution is 7.89. The molecule has 5 rings (SSSR count). The lowest BCUT2D eigenvalue weighted by atomic mass is 9.98. The molecule has 0 aromatic heterocycles. The summed E-state index contributed by atoms with van der Waals surface area (Å²) in [6, 6.07) is 21.6. The fourth-order valence-corrected chi connectivity index (χ4v) is 9.18. The average Bonchev–Trinajstić information content (AvgIpc) is 3.44. The zero-order valence-electron chi connectivity index (χ0n) is 38.9. The van der Waals surface area contributed by atoms with Crippen molar-refractivity contribution in [1.29, 1.82) is 5.26 Å². The zero-order valence-corrected chi connectivity index (χ0v) is 39.7. The molecule has 356 valence electrons. The molecule has 2 aliphatic rings. The largest absolute Gasteiger partial charge is 0.481 e. The van der Waals surface area contributed by atoms with Crippen LogP contribution in [0.1, 0.15) is 90.7 Å². The lowest BCUT2D eigenvalue weighted by Crippen LogP contribution is -2.51. The second-order valence-electron chi connectivity index (χ2n) is 17.6. The predicted octanol–water partition coefficient (Wildman–Crippen LogP) is 6.34. The molecule has 6 N–H and O–H groups in total. The van der Waals surface area contributed by atoms with Crippen molar-refractivity contribution < 1.29 is 37.7 Å². The topological polar surface area (TPSA) is 232 Å². The number of rotatable bonds is 24. The van der Waals surface area contributed by atoms with Gasteiger partial charge in [0.25, 0.3) is 0 Å². The molecule has 0 aliphatic carbocycles. The summed E-state index contributed by atoms with van der Waals surface area (Å²) in [4.78, 5) is 36.6. The van der Waals surface area contributed by atoms with Gasteiger partial charge in [-0.3, -0.25) is 9.59 Å². The van der Waals surface area contributed by atoms with Crippen molar-refractivity contribution in [1.82, 2.24) is 19.8 Å². The molecule has 1 unspecified atom stereocenters. The van der Waals surface area contributed by atoms with Crippen molar-refractivity contribution in [2.45, 2.75) is 95.7 Å². The van der Waals surface area contributed by atoms with Crippen LogP contribution in [-0.2, 0) is 29.1 Å². The fourth-order valence-electron chi connectivity index (χ4n) is 7.54. The van der Waals surface area contributed by atoms with Crippen LogP contribution >= 0.6 is 0 Å². The van der Waals surface area contributed by atoms with Gasteiger partial charge in [-0.1, -0.05) is 44.2 Å². The number of guanidine groups is 1. The smallest absolute Gasteiger partial charge is 0.305 e. The summed E-state index contributed by atoms with van der Waals surface area (Å²) >= 11 is 0. The number of nitrogens with zero attached hydrogens (tertiary/aromatic N) is 5. The first-order chi connectivity index (χ1) is 31.5. The van der Waals surface area contributed by atoms with Gasteiger partial charge >= 0.3 is 5.97 Å². The number of amides is 1. The molecule has 16 nitrogen and oxygen atoms in total. The second kappa shape index (κ2) is 23.7. The number of carbonyl (C=O) groups excluding carboxylic acids is 1. The Morgan fingerprint density at radius 1 is 0.985 bits per heavy atom. The standard InChI is InChI=1S/C49H66N8O8S/c1-6-22-56(46(61)40-27-39-16-15-38(29-43(39)55-44(51)30-40)37-12-9-14-42(28-37)66(62,63)57-32-36(33-57)34-58)23-10-20-52-47(54-41-13-8-11-35(26-41)31-50)53-21-18-48(3,4)64-25-19-49(5,7-2)65-24-17-45(59)60/h8-9,11-16,26-29,36,58H,6-7,10,17-25,30,32-34H2,1-5H3,(H2,51,55)(H,59,60)(H2,52,53,54). The van der Waals surface area contributed by atoms with E-state index in [4.69, 9.17) is 25.3 Å². The lowest BCUT2D eigenvalue weighted by Gasteiger charge is -2.36. The number of aliphatic carboxylic acids is 1. The number of carbonyl (C=O) groups is 2. The molecular weight excluding hydrogens is 861 g/mol. The fraction of sp³-hybridized carbons (Fsp3) is 0.490. The maximum absolute atomic E-state index is 14.2. The van der Waals surface area contributed by atoms with Gasteiger partial charge in [-0.15, -0.1) is 0 Å². The third-order valence-electron chi connectivity index (χ3n) is 11.8. The average molecular weight is 927 g/mol. The van der Waals surface area contributed by atoms with Crippen LogP contribution in [0.25, 0.3) is 17.2 Å². The number of ether oxygens (including phenoxy) is 2. The molecule has 2 aliphatic heterocycles. The Hall–Kier alpha value is -5.64. The van der Waals surface area contributed by atoms with E-state index in [1.165, 1.54) is 4.31 Å². The number of hydrogen-bond donors (Lipinski definition) is 5. The number of hydrogen-bond acceptors (Lipinski definition) is 11. The summed E-state index contributed by atoms with van der Waals surface area (Å²) < 4.78 is 40.1. The molecular formula is C49H66N8O8S. The molecule has 2 heterocycles. The van der Waals surface area contributed by atoms with E-state index in [1.807, 2.05) is 75.9 Å². The predicted molar refractivity (Wildman–Crippen MR) is 257 cm³/mol.